The fourth-order valence-electron chi connectivity index (χ4n) is 2.00. The van der Waals surface area contributed by atoms with E-state index in [0.29, 0.717) is 17.8 Å². The van der Waals surface area contributed by atoms with Crippen molar-refractivity contribution in [1.82, 2.24) is 5.32 Å². The molecule has 120 valence electrons. The first-order chi connectivity index (χ1) is 11.1. The lowest BCUT2D eigenvalue weighted by Crippen LogP contribution is -2.25. The molecule has 0 aliphatic heterocycles. The maximum Gasteiger partial charge on any atom is 0.253 e. The lowest BCUT2D eigenvalue weighted by atomic mass is 10.1. The normalized spacial score (nSPS) is 10.7. The Morgan fingerprint density at radius 3 is 2.70 bits per heavy atom. The lowest BCUT2D eigenvalue weighted by molar-refractivity contribution is -0.111. The molecule has 0 aliphatic rings. The molecular weight excluding hydrogens is 308 g/mol. The van der Waals surface area contributed by atoms with Gasteiger partial charge in [-0.2, -0.15) is 0 Å². The van der Waals surface area contributed by atoms with E-state index in [0.717, 1.165) is 16.9 Å². The Balaban J connectivity index is 2.07. The average Bonchev–Trinajstić information content (AvgIpc) is 2.96. The van der Waals surface area contributed by atoms with Gasteiger partial charge in [0.1, 0.15) is 0 Å². The van der Waals surface area contributed by atoms with E-state index in [9.17, 15) is 9.59 Å². The number of rotatable bonds is 6. The molecular formula is C18H20N2O2S. The molecule has 0 saturated heterocycles. The second kappa shape index (κ2) is 8.29. The van der Waals surface area contributed by atoms with Crippen molar-refractivity contribution >= 4 is 34.9 Å². The molecule has 2 aromatic rings. The summed E-state index contributed by atoms with van der Waals surface area (Å²) in [6, 6.07) is 9.01. The van der Waals surface area contributed by atoms with Crippen molar-refractivity contribution in [2.24, 2.45) is 0 Å². The van der Waals surface area contributed by atoms with Gasteiger partial charge in [-0.25, -0.2) is 0 Å². The van der Waals surface area contributed by atoms with Crippen LogP contribution in [0, 0.1) is 6.92 Å². The summed E-state index contributed by atoms with van der Waals surface area (Å²) in [6.45, 7) is 4.60. The van der Waals surface area contributed by atoms with E-state index in [1.165, 1.54) is 6.08 Å². The van der Waals surface area contributed by atoms with E-state index in [-0.39, 0.29) is 11.8 Å². The monoisotopic (exact) mass is 328 g/mol. The van der Waals surface area contributed by atoms with Gasteiger partial charge in [-0.3, -0.25) is 9.59 Å². The van der Waals surface area contributed by atoms with Crippen LogP contribution in [0.4, 0.5) is 5.69 Å². The molecule has 0 spiro atoms. The Kier molecular flexibility index (Phi) is 6.11. The van der Waals surface area contributed by atoms with Gasteiger partial charge >= 0.3 is 0 Å². The molecule has 0 fully saturated rings. The zero-order valence-corrected chi connectivity index (χ0v) is 14.1. The first kappa shape index (κ1) is 17.0. The molecule has 0 atom stereocenters. The summed E-state index contributed by atoms with van der Waals surface area (Å²) in [6.07, 6.45) is 4.14. The molecule has 0 aliphatic carbocycles. The predicted octanol–water partition coefficient (Wildman–Crippen LogP) is 3.85. The summed E-state index contributed by atoms with van der Waals surface area (Å²) >= 11 is 1.58. The minimum Gasteiger partial charge on any atom is -0.352 e. The molecule has 1 heterocycles. The molecule has 2 rings (SSSR count). The van der Waals surface area contributed by atoms with E-state index < -0.39 is 0 Å². The molecule has 0 unspecified atom stereocenters. The van der Waals surface area contributed by atoms with Crippen LogP contribution < -0.4 is 10.6 Å². The number of carbonyl (C=O) groups excluding carboxylic acids is 2. The largest absolute Gasteiger partial charge is 0.352 e. The SMILES string of the molecule is CCCNC(=O)c1ccccc1NC(=O)/C=C/c1sccc1C. The summed E-state index contributed by atoms with van der Waals surface area (Å²) in [5.41, 5.74) is 2.12. The van der Waals surface area contributed by atoms with Crippen LogP contribution in [0.5, 0.6) is 0 Å². The highest BCUT2D eigenvalue weighted by Crippen LogP contribution is 2.18. The van der Waals surface area contributed by atoms with Gasteiger partial charge in [-0.05, 0) is 48.6 Å². The van der Waals surface area contributed by atoms with Gasteiger partial charge in [0, 0.05) is 17.5 Å². The first-order valence-corrected chi connectivity index (χ1v) is 8.40. The van der Waals surface area contributed by atoms with Gasteiger partial charge in [0.25, 0.3) is 5.91 Å². The maximum atomic E-state index is 12.1. The highest BCUT2D eigenvalue weighted by atomic mass is 32.1. The number of benzene rings is 1. The van der Waals surface area contributed by atoms with E-state index in [1.54, 1.807) is 41.7 Å². The van der Waals surface area contributed by atoms with Gasteiger partial charge in [0.2, 0.25) is 5.91 Å². The van der Waals surface area contributed by atoms with Crippen molar-refractivity contribution in [3.8, 4) is 0 Å². The van der Waals surface area contributed by atoms with E-state index in [2.05, 4.69) is 10.6 Å². The molecule has 0 bridgehead atoms. The molecule has 0 saturated carbocycles. The van der Waals surface area contributed by atoms with Gasteiger partial charge in [0.05, 0.1) is 11.3 Å². The van der Waals surface area contributed by atoms with Crippen molar-refractivity contribution < 1.29 is 9.59 Å². The molecule has 2 amide bonds. The third-order valence-corrected chi connectivity index (χ3v) is 4.24. The summed E-state index contributed by atoms with van der Waals surface area (Å²) in [7, 11) is 0. The molecule has 2 N–H and O–H groups in total. The Hall–Kier alpha value is -2.40. The summed E-state index contributed by atoms with van der Waals surface area (Å²) in [5.74, 6) is -0.436. The highest BCUT2D eigenvalue weighted by Gasteiger charge is 2.11. The molecule has 1 aromatic heterocycles. The first-order valence-electron chi connectivity index (χ1n) is 7.52. The van der Waals surface area contributed by atoms with Crippen molar-refractivity contribution in [1.29, 1.82) is 0 Å². The second-order valence-corrected chi connectivity index (χ2v) is 6.04. The summed E-state index contributed by atoms with van der Waals surface area (Å²) in [4.78, 5) is 25.2. The summed E-state index contributed by atoms with van der Waals surface area (Å²) in [5, 5.41) is 7.57. The van der Waals surface area contributed by atoms with Crippen LogP contribution in [0.3, 0.4) is 0 Å². The fourth-order valence-corrected chi connectivity index (χ4v) is 2.82. The zero-order valence-electron chi connectivity index (χ0n) is 13.3. The zero-order chi connectivity index (χ0) is 16.7. The summed E-state index contributed by atoms with van der Waals surface area (Å²) < 4.78 is 0. The Bertz CT molecular complexity index is 719. The molecule has 1 aromatic carbocycles. The number of anilines is 1. The molecule has 0 radical (unpaired) electrons. The molecule has 23 heavy (non-hydrogen) atoms. The third kappa shape index (κ3) is 4.79. The standard InChI is InChI=1S/C18H20N2O2S/c1-3-11-19-18(22)14-6-4-5-7-15(14)20-17(21)9-8-16-13(2)10-12-23-16/h4-10,12H,3,11H2,1-2H3,(H,19,22)(H,20,21)/b9-8+. The number of hydrogen-bond donors (Lipinski definition) is 2. The van der Waals surface area contributed by atoms with Crippen LogP contribution in [0.2, 0.25) is 0 Å². The number of aryl methyl sites for hydroxylation is 1. The number of hydrogen-bond acceptors (Lipinski definition) is 3. The minimum absolute atomic E-state index is 0.180. The van der Waals surface area contributed by atoms with Crippen LogP contribution in [0.1, 0.15) is 34.1 Å². The van der Waals surface area contributed by atoms with Crippen molar-refractivity contribution in [2.45, 2.75) is 20.3 Å². The smallest absolute Gasteiger partial charge is 0.253 e. The number of nitrogens with one attached hydrogen (secondary N) is 2. The number of thiophene rings is 1. The van der Waals surface area contributed by atoms with Crippen LogP contribution >= 0.6 is 11.3 Å². The number of amides is 2. The van der Waals surface area contributed by atoms with Gasteiger partial charge in [0.15, 0.2) is 0 Å². The second-order valence-electron chi connectivity index (χ2n) is 5.09. The lowest BCUT2D eigenvalue weighted by Gasteiger charge is -2.09. The van der Waals surface area contributed by atoms with Crippen LogP contribution in [0.15, 0.2) is 41.8 Å². The topological polar surface area (TPSA) is 58.2 Å². The minimum atomic E-state index is -0.256. The van der Waals surface area contributed by atoms with Crippen molar-refractivity contribution in [3.05, 3.63) is 57.8 Å². The molecule has 4 nitrogen and oxygen atoms in total. The van der Waals surface area contributed by atoms with Crippen LogP contribution in [-0.4, -0.2) is 18.4 Å². The van der Waals surface area contributed by atoms with E-state index >= 15 is 0 Å². The van der Waals surface area contributed by atoms with Gasteiger partial charge in [-0.1, -0.05) is 19.1 Å². The Morgan fingerprint density at radius 2 is 2.00 bits per heavy atom. The van der Waals surface area contributed by atoms with E-state index in [1.807, 2.05) is 25.3 Å². The van der Waals surface area contributed by atoms with Gasteiger partial charge < -0.3 is 10.6 Å². The van der Waals surface area contributed by atoms with E-state index in [4.69, 9.17) is 0 Å². The Labute approximate surface area is 140 Å². The van der Waals surface area contributed by atoms with Crippen LogP contribution in [-0.2, 0) is 4.79 Å². The maximum absolute atomic E-state index is 12.1. The van der Waals surface area contributed by atoms with Crippen LogP contribution in [0.25, 0.3) is 6.08 Å². The Morgan fingerprint density at radius 1 is 1.22 bits per heavy atom. The quantitative estimate of drug-likeness (QED) is 0.791. The number of para-hydroxylation sites is 1. The van der Waals surface area contributed by atoms with Gasteiger partial charge in [-0.15, -0.1) is 11.3 Å². The predicted molar refractivity (Wildman–Crippen MR) is 95.8 cm³/mol. The fraction of sp³-hybridized carbons (Fsp3) is 0.222. The number of carbonyl (C=O) groups is 2. The molecule has 5 heteroatoms. The van der Waals surface area contributed by atoms with Crippen molar-refractivity contribution in [2.75, 3.05) is 11.9 Å². The third-order valence-electron chi connectivity index (χ3n) is 3.25. The van der Waals surface area contributed by atoms with Crippen molar-refractivity contribution in [3.63, 3.8) is 0 Å². The highest BCUT2D eigenvalue weighted by molar-refractivity contribution is 7.11. The average molecular weight is 328 g/mol.